The molecule has 0 saturated carbocycles. The highest BCUT2D eigenvalue weighted by molar-refractivity contribution is 9.10. The number of aromatic nitrogens is 2. The molecule has 0 atom stereocenters. The summed E-state index contributed by atoms with van der Waals surface area (Å²) in [7, 11) is 0. The van der Waals surface area contributed by atoms with Crippen LogP contribution in [-0.4, -0.2) is 21.2 Å². The van der Waals surface area contributed by atoms with Crippen molar-refractivity contribution >= 4 is 45.1 Å². The Labute approximate surface area is 168 Å². The van der Waals surface area contributed by atoms with Gasteiger partial charge >= 0.3 is 0 Å². The molecule has 3 N–H and O–H groups in total. The molecule has 0 bridgehead atoms. The van der Waals surface area contributed by atoms with E-state index in [-0.39, 0.29) is 17.5 Å². The van der Waals surface area contributed by atoms with Crippen molar-refractivity contribution in [1.82, 2.24) is 9.55 Å². The van der Waals surface area contributed by atoms with Crippen LogP contribution in [-0.2, 0) is 4.79 Å². The number of aryl methyl sites for hydroxylation is 1. The Morgan fingerprint density at radius 1 is 1.22 bits per heavy atom. The fourth-order valence-electron chi connectivity index (χ4n) is 2.46. The summed E-state index contributed by atoms with van der Waals surface area (Å²) in [6.07, 6.45) is 0. The first kappa shape index (κ1) is 19.2. The number of halogens is 1. The van der Waals surface area contributed by atoms with E-state index in [9.17, 15) is 9.59 Å². The molecule has 3 rings (SSSR count). The highest BCUT2D eigenvalue weighted by Gasteiger charge is 2.13. The van der Waals surface area contributed by atoms with Gasteiger partial charge in [0.15, 0.2) is 5.16 Å². The van der Waals surface area contributed by atoms with Crippen molar-refractivity contribution in [3.05, 3.63) is 75.0 Å². The lowest BCUT2D eigenvalue weighted by atomic mass is 10.2. The zero-order valence-corrected chi connectivity index (χ0v) is 16.9. The van der Waals surface area contributed by atoms with E-state index in [1.807, 2.05) is 43.3 Å². The van der Waals surface area contributed by atoms with Gasteiger partial charge in [-0.3, -0.25) is 14.2 Å². The van der Waals surface area contributed by atoms with Gasteiger partial charge in [-0.15, -0.1) is 0 Å². The summed E-state index contributed by atoms with van der Waals surface area (Å²) in [5.74, 6) is 0.170. The van der Waals surface area contributed by atoms with E-state index in [1.165, 1.54) is 6.07 Å². The summed E-state index contributed by atoms with van der Waals surface area (Å²) >= 11 is 4.51. The van der Waals surface area contributed by atoms with Crippen LogP contribution >= 0.6 is 27.7 Å². The average Bonchev–Trinajstić information content (AvgIpc) is 2.61. The lowest BCUT2D eigenvalue weighted by molar-refractivity contribution is -0.113. The minimum absolute atomic E-state index is 0.0950. The van der Waals surface area contributed by atoms with Crippen LogP contribution < -0.4 is 16.6 Å². The van der Waals surface area contributed by atoms with Crippen LogP contribution in [0.15, 0.2) is 69.0 Å². The maximum Gasteiger partial charge on any atom is 0.275 e. The van der Waals surface area contributed by atoms with Gasteiger partial charge in [0.25, 0.3) is 5.56 Å². The molecule has 27 heavy (non-hydrogen) atoms. The third-order valence-corrected chi connectivity index (χ3v) is 5.11. The summed E-state index contributed by atoms with van der Waals surface area (Å²) in [6.45, 7) is 1.97. The number of amides is 1. The van der Waals surface area contributed by atoms with Crippen molar-refractivity contribution in [3.8, 4) is 5.69 Å². The molecule has 0 radical (unpaired) electrons. The topological polar surface area (TPSA) is 90.0 Å². The molecule has 138 valence electrons. The molecule has 0 unspecified atom stereocenters. The normalized spacial score (nSPS) is 10.6. The molecule has 3 aromatic rings. The Balaban J connectivity index is 1.81. The quantitative estimate of drug-likeness (QED) is 0.463. The molecule has 8 heteroatoms. The van der Waals surface area contributed by atoms with Gasteiger partial charge < -0.3 is 11.1 Å². The maximum atomic E-state index is 12.3. The van der Waals surface area contributed by atoms with Crippen molar-refractivity contribution in [2.45, 2.75) is 12.1 Å². The number of hydrogen-bond donors (Lipinski definition) is 2. The van der Waals surface area contributed by atoms with Crippen LogP contribution in [0.3, 0.4) is 0 Å². The van der Waals surface area contributed by atoms with Crippen molar-refractivity contribution in [1.29, 1.82) is 0 Å². The molecular formula is C19H17BrN4O2S. The summed E-state index contributed by atoms with van der Waals surface area (Å²) in [4.78, 5) is 28.1. The van der Waals surface area contributed by atoms with Gasteiger partial charge in [0.1, 0.15) is 5.82 Å². The second-order valence-electron chi connectivity index (χ2n) is 5.82. The average molecular weight is 445 g/mol. The highest BCUT2D eigenvalue weighted by Crippen LogP contribution is 2.23. The first-order valence-electron chi connectivity index (χ1n) is 8.07. The number of nitrogens with two attached hydrogens (primary N) is 1. The van der Waals surface area contributed by atoms with E-state index in [4.69, 9.17) is 5.73 Å². The number of carbonyl (C=O) groups excluding carboxylic acids is 1. The number of anilines is 2. The number of hydrogen-bond acceptors (Lipinski definition) is 5. The Morgan fingerprint density at radius 3 is 2.67 bits per heavy atom. The van der Waals surface area contributed by atoms with Crippen molar-refractivity contribution in [2.24, 2.45) is 0 Å². The van der Waals surface area contributed by atoms with Crippen molar-refractivity contribution < 1.29 is 4.79 Å². The molecule has 1 amide bonds. The Bertz CT molecular complexity index is 1030. The molecule has 0 aliphatic heterocycles. The number of thioether (sulfide) groups is 1. The van der Waals surface area contributed by atoms with Gasteiger partial charge in [0.05, 0.1) is 5.75 Å². The lowest BCUT2D eigenvalue weighted by Crippen LogP contribution is -2.19. The summed E-state index contributed by atoms with van der Waals surface area (Å²) in [5.41, 5.74) is 8.15. The molecule has 1 aromatic heterocycles. The number of rotatable bonds is 5. The maximum absolute atomic E-state index is 12.3. The van der Waals surface area contributed by atoms with Gasteiger partial charge in [-0.05, 0) is 48.9 Å². The predicted molar refractivity (Wildman–Crippen MR) is 112 cm³/mol. The second kappa shape index (κ2) is 8.41. The Hall–Kier alpha value is -2.58. The lowest BCUT2D eigenvalue weighted by Gasteiger charge is -2.15. The second-order valence-corrected chi connectivity index (χ2v) is 7.68. The van der Waals surface area contributed by atoms with E-state index in [1.54, 1.807) is 16.7 Å². The molecule has 0 aliphatic carbocycles. The van der Waals surface area contributed by atoms with Gasteiger partial charge in [-0.2, -0.15) is 4.98 Å². The van der Waals surface area contributed by atoms with E-state index < -0.39 is 5.56 Å². The van der Waals surface area contributed by atoms with Crippen LogP contribution in [0.4, 0.5) is 11.5 Å². The SMILES string of the molecule is Cc1cccc(-n2c(N)cc(=O)nc2SCC(=O)Nc2ccc(Br)cc2)c1. The van der Waals surface area contributed by atoms with Crippen LogP contribution in [0.5, 0.6) is 0 Å². The van der Waals surface area contributed by atoms with Crippen LogP contribution in [0.2, 0.25) is 0 Å². The molecule has 0 saturated heterocycles. The minimum Gasteiger partial charge on any atom is -0.385 e. The Kier molecular flexibility index (Phi) is 5.98. The summed E-state index contributed by atoms with van der Waals surface area (Å²) in [6, 6.07) is 16.2. The Morgan fingerprint density at radius 2 is 1.96 bits per heavy atom. The van der Waals surface area contributed by atoms with Crippen LogP contribution in [0.25, 0.3) is 5.69 Å². The van der Waals surface area contributed by atoms with E-state index in [2.05, 4.69) is 26.2 Å². The van der Waals surface area contributed by atoms with Crippen molar-refractivity contribution in [2.75, 3.05) is 16.8 Å². The predicted octanol–water partition coefficient (Wildman–Crippen LogP) is 3.62. The number of nitrogens with one attached hydrogen (secondary N) is 1. The van der Waals surface area contributed by atoms with Crippen molar-refractivity contribution in [3.63, 3.8) is 0 Å². The van der Waals surface area contributed by atoms with Crippen LogP contribution in [0, 0.1) is 6.92 Å². The molecule has 2 aromatic carbocycles. The largest absolute Gasteiger partial charge is 0.385 e. The van der Waals surface area contributed by atoms with Gasteiger partial charge in [0.2, 0.25) is 5.91 Å². The number of nitrogens with zero attached hydrogens (tertiary/aromatic N) is 2. The minimum atomic E-state index is -0.438. The summed E-state index contributed by atoms with van der Waals surface area (Å²) < 4.78 is 2.60. The standard InChI is InChI=1S/C19H17BrN4O2S/c1-12-3-2-4-15(9-12)24-16(21)10-17(25)23-19(24)27-11-18(26)22-14-7-5-13(20)6-8-14/h2-10H,11,21H2,1H3,(H,22,26). The molecule has 6 nitrogen and oxygen atoms in total. The van der Waals surface area contributed by atoms with E-state index in [0.29, 0.717) is 10.8 Å². The zero-order chi connectivity index (χ0) is 19.4. The summed E-state index contributed by atoms with van der Waals surface area (Å²) in [5, 5.41) is 3.18. The molecule has 0 aliphatic rings. The number of carbonyl (C=O) groups is 1. The third kappa shape index (κ3) is 4.99. The van der Waals surface area contributed by atoms with E-state index >= 15 is 0 Å². The van der Waals surface area contributed by atoms with Crippen LogP contribution in [0.1, 0.15) is 5.56 Å². The molecule has 0 fully saturated rings. The third-order valence-electron chi connectivity index (χ3n) is 3.65. The fraction of sp³-hybridized carbons (Fsp3) is 0.105. The molecule has 1 heterocycles. The first-order valence-corrected chi connectivity index (χ1v) is 9.85. The number of benzene rings is 2. The zero-order valence-electron chi connectivity index (χ0n) is 14.5. The number of nitrogen functional groups attached to an aromatic ring is 1. The first-order chi connectivity index (χ1) is 12.9. The molecule has 0 spiro atoms. The molecular weight excluding hydrogens is 428 g/mol. The monoisotopic (exact) mass is 444 g/mol. The van der Waals surface area contributed by atoms with Gasteiger partial charge in [-0.25, -0.2) is 0 Å². The van der Waals surface area contributed by atoms with Gasteiger partial charge in [-0.1, -0.05) is 39.8 Å². The fourth-order valence-corrected chi connectivity index (χ4v) is 3.55. The smallest absolute Gasteiger partial charge is 0.275 e. The van der Waals surface area contributed by atoms with E-state index in [0.717, 1.165) is 27.5 Å². The highest BCUT2D eigenvalue weighted by atomic mass is 79.9. The van der Waals surface area contributed by atoms with Gasteiger partial charge in [0, 0.05) is 21.9 Å².